The van der Waals surface area contributed by atoms with Crippen LogP contribution in [-0.2, 0) is 9.70 Å². The van der Waals surface area contributed by atoms with Gasteiger partial charge in [-0.15, -0.1) is 0 Å². The van der Waals surface area contributed by atoms with E-state index in [-0.39, 0.29) is 5.41 Å². The number of alkyl halides is 6. The van der Waals surface area contributed by atoms with Gasteiger partial charge in [0.2, 0.25) is 0 Å². The summed E-state index contributed by atoms with van der Waals surface area (Å²) in [5, 5.41) is 0. The Kier molecular flexibility index (Phi) is 5.93. The van der Waals surface area contributed by atoms with Gasteiger partial charge in [-0.3, -0.25) is 0 Å². The molecule has 1 aromatic heterocycles. The summed E-state index contributed by atoms with van der Waals surface area (Å²) < 4.78 is -1.36. The Balaban J connectivity index is 3.49. The second kappa shape index (κ2) is 5.94. The Labute approximate surface area is 156 Å². The predicted octanol–water partition coefficient (Wildman–Crippen LogP) is 5.76. The van der Waals surface area contributed by atoms with Crippen LogP contribution in [0.4, 0.5) is 0 Å². The van der Waals surface area contributed by atoms with E-state index in [0.717, 1.165) is 0 Å². The topological polar surface area (TPSA) is 38.7 Å². The number of nitrogens with zero attached hydrogens (tertiary/aromatic N) is 3. The smallest absolute Gasteiger partial charge is 0.194 e. The molecule has 18 heavy (non-hydrogen) atoms. The predicted molar refractivity (Wildman–Crippen MR) is 95.4 cm³/mol. The third-order valence-corrected chi connectivity index (χ3v) is 3.94. The lowest BCUT2D eigenvalue weighted by Gasteiger charge is -2.22. The minimum Gasteiger partial charge on any atom is -0.214 e. The van der Waals surface area contributed by atoms with Crippen LogP contribution in [-0.4, -0.2) is 15.0 Å². The standard InChI is InChI=1S/C9H9Br6N3/c1-7(2,3)4-16-5(8(10,11)12)18-6(17-4)9(13,14)15/h1-3H3. The van der Waals surface area contributed by atoms with E-state index >= 15 is 0 Å². The van der Waals surface area contributed by atoms with Crippen molar-refractivity contribution < 1.29 is 0 Å². The molecule has 0 aliphatic heterocycles. The van der Waals surface area contributed by atoms with E-state index in [1.165, 1.54) is 0 Å². The minimum atomic E-state index is -0.678. The van der Waals surface area contributed by atoms with E-state index in [4.69, 9.17) is 0 Å². The quantitative estimate of drug-likeness (QED) is 0.340. The average Bonchev–Trinajstić information content (AvgIpc) is 2.13. The number of rotatable bonds is 0. The zero-order valence-electron chi connectivity index (χ0n) is 9.61. The van der Waals surface area contributed by atoms with E-state index < -0.39 is 4.29 Å². The molecule has 1 aromatic rings. The number of halogens is 6. The van der Waals surface area contributed by atoms with Gasteiger partial charge in [0.1, 0.15) is 5.82 Å². The molecular formula is C9H9Br6N3. The van der Waals surface area contributed by atoms with Gasteiger partial charge in [-0.1, -0.05) is 116 Å². The molecule has 0 amide bonds. The summed E-state index contributed by atoms with van der Waals surface area (Å²) in [6.45, 7) is 6.14. The summed E-state index contributed by atoms with van der Waals surface area (Å²) in [4.78, 5) is 13.3. The SMILES string of the molecule is CC(C)(C)c1nc(C(Br)(Br)Br)nc(C(Br)(Br)Br)n1. The second-order valence-electron chi connectivity index (χ2n) is 4.55. The van der Waals surface area contributed by atoms with Gasteiger partial charge in [-0.05, 0) is 0 Å². The lowest BCUT2D eigenvalue weighted by molar-refractivity contribution is 0.533. The maximum Gasteiger partial charge on any atom is 0.194 e. The molecule has 0 radical (unpaired) electrons. The molecule has 102 valence electrons. The Morgan fingerprint density at radius 3 is 1.11 bits per heavy atom. The van der Waals surface area contributed by atoms with E-state index in [2.05, 4.69) is 111 Å². The molecule has 0 aliphatic rings. The summed E-state index contributed by atoms with van der Waals surface area (Å²) >= 11 is 20.5. The lowest BCUT2D eigenvalue weighted by atomic mass is 9.96. The van der Waals surface area contributed by atoms with Crippen molar-refractivity contribution in [1.82, 2.24) is 15.0 Å². The molecule has 0 aliphatic carbocycles. The molecule has 1 rings (SSSR count). The molecule has 0 spiro atoms. The van der Waals surface area contributed by atoms with Crippen LogP contribution in [0.3, 0.4) is 0 Å². The van der Waals surface area contributed by atoms with E-state index in [9.17, 15) is 0 Å². The molecule has 0 fully saturated rings. The first-order valence-corrected chi connectivity index (χ1v) is 9.48. The Hall–Kier alpha value is 1.89. The fourth-order valence-corrected chi connectivity index (χ4v) is 2.03. The van der Waals surface area contributed by atoms with Crippen molar-refractivity contribution in [2.24, 2.45) is 0 Å². The molecule has 1 heterocycles. The highest BCUT2D eigenvalue weighted by Gasteiger charge is 2.33. The van der Waals surface area contributed by atoms with Crippen LogP contribution in [0.5, 0.6) is 0 Å². The maximum absolute atomic E-state index is 4.46. The van der Waals surface area contributed by atoms with Gasteiger partial charge in [-0.2, -0.15) is 0 Å². The van der Waals surface area contributed by atoms with Crippen molar-refractivity contribution >= 4 is 95.6 Å². The van der Waals surface area contributed by atoms with Crippen LogP contribution in [0.1, 0.15) is 38.2 Å². The van der Waals surface area contributed by atoms with Crippen molar-refractivity contribution in [3.8, 4) is 0 Å². The summed E-state index contributed by atoms with van der Waals surface area (Å²) in [5.41, 5.74) is -0.178. The average molecular weight is 639 g/mol. The summed E-state index contributed by atoms with van der Waals surface area (Å²) in [7, 11) is 0. The Bertz CT molecular complexity index is 364. The van der Waals surface area contributed by atoms with Gasteiger partial charge >= 0.3 is 0 Å². The number of hydrogen-bond acceptors (Lipinski definition) is 3. The fourth-order valence-electron chi connectivity index (χ4n) is 0.965. The van der Waals surface area contributed by atoms with Crippen LogP contribution in [0.15, 0.2) is 0 Å². The third-order valence-electron chi connectivity index (χ3n) is 1.81. The first-order chi connectivity index (χ1) is 7.82. The zero-order chi connectivity index (χ0) is 14.4. The van der Waals surface area contributed by atoms with Crippen LogP contribution >= 0.6 is 95.6 Å². The van der Waals surface area contributed by atoms with Crippen molar-refractivity contribution in [3.63, 3.8) is 0 Å². The lowest BCUT2D eigenvalue weighted by Crippen LogP contribution is -2.23. The molecule has 0 aromatic carbocycles. The monoisotopic (exact) mass is 633 g/mol. The number of hydrogen-bond donors (Lipinski definition) is 0. The molecule has 0 unspecified atom stereocenters. The molecule has 0 bridgehead atoms. The molecule has 0 saturated carbocycles. The molecule has 9 heteroatoms. The van der Waals surface area contributed by atoms with Crippen molar-refractivity contribution in [3.05, 3.63) is 17.5 Å². The highest BCUT2D eigenvalue weighted by molar-refractivity contribution is 9.39. The van der Waals surface area contributed by atoms with Gasteiger partial charge in [0.15, 0.2) is 15.9 Å². The van der Waals surface area contributed by atoms with Crippen LogP contribution in [0.2, 0.25) is 0 Å². The maximum atomic E-state index is 4.46. The molecule has 3 nitrogen and oxygen atoms in total. The van der Waals surface area contributed by atoms with Gasteiger partial charge in [-0.25, -0.2) is 15.0 Å². The van der Waals surface area contributed by atoms with Gasteiger partial charge in [0.25, 0.3) is 0 Å². The van der Waals surface area contributed by atoms with E-state index in [0.29, 0.717) is 17.5 Å². The third kappa shape index (κ3) is 5.02. The Morgan fingerprint density at radius 1 is 0.611 bits per heavy atom. The first-order valence-electron chi connectivity index (χ1n) is 4.73. The van der Waals surface area contributed by atoms with Crippen LogP contribution in [0, 0.1) is 0 Å². The summed E-state index contributed by atoms with van der Waals surface area (Å²) in [5.74, 6) is 1.79. The molecular weight excluding hydrogens is 630 g/mol. The number of aromatic nitrogens is 3. The van der Waals surface area contributed by atoms with Gasteiger partial charge < -0.3 is 0 Å². The van der Waals surface area contributed by atoms with Crippen molar-refractivity contribution in [2.75, 3.05) is 0 Å². The molecule has 0 saturated heterocycles. The van der Waals surface area contributed by atoms with Gasteiger partial charge in [0, 0.05) is 5.41 Å². The molecule has 0 N–H and O–H groups in total. The largest absolute Gasteiger partial charge is 0.214 e. The van der Waals surface area contributed by atoms with Crippen molar-refractivity contribution in [1.29, 1.82) is 0 Å². The summed E-state index contributed by atoms with van der Waals surface area (Å²) in [6.07, 6.45) is 0. The zero-order valence-corrected chi connectivity index (χ0v) is 19.1. The van der Waals surface area contributed by atoms with E-state index in [1.807, 2.05) is 20.8 Å². The van der Waals surface area contributed by atoms with E-state index in [1.54, 1.807) is 0 Å². The highest BCUT2D eigenvalue weighted by atomic mass is 80.0. The molecule has 0 atom stereocenters. The fraction of sp³-hybridized carbons (Fsp3) is 0.667. The van der Waals surface area contributed by atoms with Crippen LogP contribution < -0.4 is 0 Å². The first kappa shape index (κ1) is 17.9. The second-order valence-corrected chi connectivity index (χ2v) is 18.1. The Morgan fingerprint density at radius 2 is 0.889 bits per heavy atom. The van der Waals surface area contributed by atoms with Gasteiger partial charge in [0.05, 0.1) is 0 Å². The van der Waals surface area contributed by atoms with Crippen LogP contribution in [0.25, 0.3) is 0 Å². The normalized spacial score (nSPS) is 13.8. The van der Waals surface area contributed by atoms with Crippen molar-refractivity contribution in [2.45, 2.75) is 30.5 Å². The summed E-state index contributed by atoms with van der Waals surface area (Å²) in [6, 6.07) is 0. The highest BCUT2D eigenvalue weighted by Crippen LogP contribution is 2.46. The minimum absolute atomic E-state index is 0.178.